The summed E-state index contributed by atoms with van der Waals surface area (Å²) in [5.41, 5.74) is 1.58. The molecule has 21 heavy (non-hydrogen) atoms. The third-order valence-electron chi connectivity index (χ3n) is 3.11. The van der Waals surface area contributed by atoms with Gasteiger partial charge in [0.05, 0.1) is 6.04 Å². The van der Waals surface area contributed by atoms with Crippen LogP contribution in [0.25, 0.3) is 11.0 Å². The molecule has 1 N–H and O–H groups in total. The molecule has 0 saturated carbocycles. The molecule has 7 heteroatoms. The van der Waals surface area contributed by atoms with Crippen LogP contribution in [0.5, 0.6) is 0 Å². The summed E-state index contributed by atoms with van der Waals surface area (Å²) in [4.78, 5) is 17.8. The first-order valence-corrected chi connectivity index (χ1v) is 7.63. The maximum Gasteiger partial charge on any atom is 0.244 e. The maximum atomic E-state index is 12.1. The lowest BCUT2D eigenvalue weighted by Crippen LogP contribution is -2.31. The average Bonchev–Trinajstić information content (AvgIpc) is 3.13. The Labute approximate surface area is 125 Å². The molecule has 0 bridgehead atoms. The van der Waals surface area contributed by atoms with E-state index >= 15 is 0 Å². The van der Waals surface area contributed by atoms with Crippen molar-refractivity contribution in [2.75, 3.05) is 0 Å². The number of rotatable bonds is 5. The molecule has 0 aliphatic carbocycles. The molecule has 6 nitrogen and oxygen atoms in total. The second kappa shape index (κ2) is 6.01. The summed E-state index contributed by atoms with van der Waals surface area (Å²) in [5, 5.41) is 14.4. The molecule has 0 spiro atoms. The fourth-order valence-corrected chi connectivity index (χ4v) is 2.86. The molecular formula is C14H15N5OS. The highest BCUT2D eigenvalue weighted by Crippen LogP contribution is 2.18. The van der Waals surface area contributed by atoms with Crippen LogP contribution in [0.1, 0.15) is 24.4 Å². The zero-order valence-electron chi connectivity index (χ0n) is 11.6. The molecule has 2 heterocycles. The maximum absolute atomic E-state index is 12.1. The van der Waals surface area contributed by atoms with E-state index in [1.165, 1.54) is 4.80 Å². The van der Waals surface area contributed by atoms with Crippen molar-refractivity contribution in [1.29, 1.82) is 0 Å². The molecule has 1 aromatic carbocycles. The lowest BCUT2D eigenvalue weighted by Gasteiger charge is -2.13. The molecule has 1 amide bonds. The zero-order chi connectivity index (χ0) is 14.7. The standard InChI is InChI=1S/C14H15N5OS/c1-2-10(14-15-7-8-21-14)16-13(20)9-19-17-11-5-3-4-6-12(11)18-19/h3-8,10H,2,9H2,1H3,(H,16,20)/t10-/m0/s1. The highest BCUT2D eigenvalue weighted by Gasteiger charge is 2.16. The average molecular weight is 301 g/mol. The molecule has 2 aromatic heterocycles. The number of hydrogen-bond acceptors (Lipinski definition) is 5. The molecular weight excluding hydrogens is 286 g/mol. The lowest BCUT2D eigenvalue weighted by atomic mass is 10.2. The monoisotopic (exact) mass is 301 g/mol. The molecule has 0 unspecified atom stereocenters. The van der Waals surface area contributed by atoms with E-state index in [0.29, 0.717) is 0 Å². The van der Waals surface area contributed by atoms with Crippen LogP contribution in [0.3, 0.4) is 0 Å². The number of carbonyl (C=O) groups excluding carboxylic acids is 1. The Morgan fingerprint density at radius 1 is 1.33 bits per heavy atom. The van der Waals surface area contributed by atoms with Crippen molar-refractivity contribution < 1.29 is 4.79 Å². The highest BCUT2D eigenvalue weighted by atomic mass is 32.1. The van der Waals surface area contributed by atoms with E-state index in [1.54, 1.807) is 17.5 Å². The van der Waals surface area contributed by atoms with Crippen molar-refractivity contribution in [2.24, 2.45) is 0 Å². The smallest absolute Gasteiger partial charge is 0.244 e. The number of carbonyl (C=O) groups is 1. The van der Waals surface area contributed by atoms with Gasteiger partial charge in [-0.05, 0) is 18.6 Å². The van der Waals surface area contributed by atoms with Gasteiger partial charge in [-0.1, -0.05) is 19.1 Å². The largest absolute Gasteiger partial charge is 0.345 e. The number of aromatic nitrogens is 4. The molecule has 3 aromatic rings. The van der Waals surface area contributed by atoms with Crippen LogP contribution in [-0.2, 0) is 11.3 Å². The van der Waals surface area contributed by atoms with Gasteiger partial charge in [-0.15, -0.1) is 11.3 Å². The van der Waals surface area contributed by atoms with Crippen LogP contribution in [0, 0.1) is 0 Å². The number of thiazole rings is 1. The fourth-order valence-electron chi connectivity index (χ4n) is 2.09. The van der Waals surface area contributed by atoms with Gasteiger partial charge in [-0.2, -0.15) is 15.0 Å². The summed E-state index contributed by atoms with van der Waals surface area (Å²) < 4.78 is 0. The zero-order valence-corrected chi connectivity index (χ0v) is 12.4. The van der Waals surface area contributed by atoms with Gasteiger partial charge in [0.15, 0.2) is 0 Å². The lowest BCUT2D eigenvalue weighted by molar-refractivity contribution is -0.122. The Hall–Kier alpha value is -2.28. The summed E-state index contributed by atoms with van der Waals surface area (Å²) in [6, 6.07) is 7.50. The Morgan fingerprint density at radius 2 is 2.05 bits per heavy atom. The summed E-state index contributed by atoms with van der Waals surface area (Å²) in [6.07, 6.45) is 2.55. The van der Waals surface area contributed by atoms with Crippen molar-refractivity contribution in [3.63, 3.8) is 0 Å². The van der Waals surface area contributed by atoms with Crippen LogP contribution in [0.15, 0.2) is 35.8 Å². The molecule has 0 fully saturated rings. The van der Waals surface area contributed by atoms with E-state index in [2.05, 4.69) is 20.5 Å². The minimum Gasteiger partial charge on any atom is -0.345 e. The predicted octanol–water partition coefficient (Wildman–Crippen LogP) is 2.16. The van der Waals surface area contributed by atoms with E-state index in [4.69, 9.17) is 0 Å². The van der Waals surface area contributed by atoms with Crippen LogP contribution in [0.2, 0.25) is 0 Å². The SMILES string of the molecule is CC[C@H](NC(=O)Cn1nc2ccccc2n1)c1nccs1. The van der Waals surface area contributed by atoms with Crippen molar-refractivity contribution >= 4 is 28.3 Å². The first-order valence-electron chi connectivity index (χ1n) is 6.75. The van der Waals surface area contributed by atoms with Gasteiger partial charge in [0.25, 0.3) is 0 Å². The molecule has 0 aliphatic rings. The molecule has 0 saturated heterocycles. The number of hydrogen-bond donors (Lipinski definition) is 1. The first-order chi connectivity index (χ1) is 10.3. The van der Waals surface area contributed by atoms with E-state index in [1.807, 2.05) is 36.6 Å². The Balaban J connectivity index is 1.68. The summed E-state index contributed by atoms with van der Waals surface area (Å²) >= 11 is 1.54. The van der Waals surface area contributed by atoms with E-state index < -0.39 is 0 Å². The number of amides is 1. The summed E-state index contributed by atoms with van der Waals surface area (Å²) in [6.45, 7) is 2.13. The van der Waals surface area contributed by atoms with Crippen LogP contribution < -0.4 is 5.32 Å². The van der Waals surface area contributed by atoms with E-state index in [-0.39, 0.29) is 18.5 Å². The van der Waals surface area contributed by atoms with E-state index in [9.17, 15) is 4.79 Å². The van der Waals surface area contributed by atoms with E-state index in [0.717, 1.165) is 22.5 Å². The molecule has 108 valence electrons. The van der Waals surface area contributed by atoms with Gasteiger partial charge in [0, 0.05) is 11.6 Å². The Morgan fingerprint density at radius 3 is 2.62 bits per heavy atom. The van der Waals surface area contributed by atoms with Gasteiger partial charge < -0.3 is 5.32 Å². The number of fused-ring (bicyclic) bond motifs is 1. The normalized spacial score (nSPS) is 12.4. The van der Waals surface area contributed by atoms with Gasteiger partial charge in [0.1, 0.15) is 22.6 Å². The second-order valence-electron chi connectivity index (χ2n) is 4.62. The minimum atomic E-state index is -0.114. The third-order valence-corrected chi connectivity index (χ3v) is 4.00. The topological polar surface area (TPSA) is 72.7 Å². The second-order valence-corrected chi connectivity index (χ2v) is 5.54. The first kappa shape index (κ1) is 13.7. The number of nitrogens with zero attached hydrogens (tertiary/aromatic N) is 4. The molecule has 3 rings (SSSR count). The fraction of sp³-hybridized carbons (Fsp3) is 0.286. The van der Waals surface area contributed by atoms with Gasteiger partial charge in [-0.25, -0.2) is 4.98 Å². The minimum absolute atomic E-state index is 0.0533. The third kappa shape index (κ3) is 3.08. The van der Waals surface area contributed by atoms with Gasteiger partial charge in [0.2, 0.25) is 5.91 Å². The Bertz CT molecular complexity index is 704. The van der Waals surface area contributed by atoms with Crippen molar-refractivity contribution in [3.8, 4) is 0 Å². The Kier molecular flexibility index (Phi) is 3.92. The molecule has 1 atom stereocenters. The van der Waals surface area contributed by atoms with Crippen molar-refractivity contribution in [3.05, 3.63) is 40.8 Å². The van der Waals surface area contributed by atoms with Crippen LogP contribution in [-0.4, -0.2) is 25.9 Å². The quantitative estimate of drug-likeness (QED) is 0.783. The van der Waals surface area contributed by atoms with Crippen molar-refractivity contribution in [1.82, 2.24) is 25.3 Å². The van der Waals surface area contributed by atoms with Gasteiger partial charge >= 0.3 is 0 Å². The molecule has 0 radical (unpaired) electrons. The number of nitrogens with one attached hydrogen (secondary N) is 1. The summed E-state index contributed by atoms with van der Waals surface area (Å²) in [7, 11) is 0. The van der Waals surface area contributed by atoms with Crippen LogP contribution in [0.4, 0.5) is 0 Å². The van der Waals surface area contributed by atoms with Crippen molar-refractivity contribution in [2.45, 2.75) is 25.9 Å². The van der Waals surface area contributed by atoms with Gasteiger partial charge in [-0.3, -0.25) is 4.79 Å². The van der Waals surface area contributed by atoms with Crippen LogP contribution >= 0.6 is 11.3 Å². The summed E-state index contributed by atoms with van der Waals surface area (Å²) in [5.74, 6) is -0.114. The molecule has 0 aliphatic heterocycles. The highest BCUT2D eigenvalue weighted by molar-refractivity contribution is 7.09. The number of benzene rings is 1. The predicted molar refractivity (Wildman–Crippen MR) is 80.8 cm³/mol.